The molecule has 5 heteroatoms. The van der Waals surface area contributed by atoms with Crippen molar-refractivity contribution in [3.05, 3.63) is 24.3 Å². The van der Waals surface area contributed by atoms with Gasteiger partial charge >= 0.3 is 5.97 Å². The molecule has 0 spiro atoms. The van der Waals surface area contributed by atoms with E-state index >= 15 is 0 Å². The first-order valence-electron chi connectivity index (χ1n) is 7.16. The van der Waals surface area contributed by atoms with Gasteiger partial charge in [0.1, 0.15) is 17.9 Å². The first-order chi connectivity index (χ1) is 9.85. The summed E-state index contributed by atoms with van der Waals surface area (Å²) in [6.45, 7) is 7.06. The van der Waals surface area contributed by atoms with Crippen LogP contribution in [0, 0.1) is 0 Å². The Labute approximate surface area is 127 Å². The van der Waals surface area contributed by atoms with E-state index in [2.05, 4.69) is 0 Å². The molecule has 0 saturated heterocycles. The highest BCUT2D eigenvalue weighted by Gasteiger charge is 2.19. The minimum absolute atomic E-state index is 0.199. The SMILES string of the molecule is COc1cccc(N(CCCN)CC(=O)OC(C)(C)C)c1. The summed E-state index contributed by atoms with van der Waals surface area (Å²) in [5, 5.41) is 0. The number of nitrogens with zero attached hydrogens (tertiary/aromatic N) is 1. The third-order valence-electron chi connectivity index (χ3n) is 2.79. The third-order valence-corrected chi connectivity index (χ3v) is 2.79. The highest BCUT2D eigenvalue weighted by Crippen LogP contribution is 2.21. The number of methoxy groups -OCH3 is 1. The maximum atomic E-state index is 12.0. The molecule has 1 aromatic carbocycles. The number of hydrogen-bond donors (Lipinski definition) is 1. The van der Waals surface area contributed by atoms with Gasteiger partial charge in [0.15, 0.2) is 0 Å². The number of benzene rings is 1. The van der Waals surface area contributed by atoms with Crippen LogP contribution in [0.5, 0.6) is 5.75 Å². The lowest BCUT2D eigenvalue weighted by Gasteiger charge is -2.26. The molecule has 5 nitrogen and oxygen atoms in total. The van der Waals surface area contributed by atoms with Crippen LogP contribution in [0.1, 0.15) is 27.2 Å². The van der Waals surface area contributed by atoms with Crippen LogP contribution >= 0.6 is 0 Å². The topological polar surface area (TPSA) is 64.8 Å². The van der Waals surface area contributed by atoms with Crippen LogP contribution in [0.15, 0.2) is 24.3 Å². The van der Waals surface area contributed by atoms with E-state index in [4.69, 9.17) is 15.2 Å². The second-order valence-corrected chi connectivity index (χ2v) is 5.85. The zero-order chi connectivity index (χ0) is 15.9. The third kappa shape index (κ3) is 6.49. The van der Waals surface area contributed by atoms with Crippen molar-refractivity contribution < 1.29 is 14.3 Å². The molecular weight excluding hydrogens is 268 g/mol. The number of anilines is 1. The van der Waals surface area contributed by atoms with Gasteiger partial charge < -0.3 is 20.1 Å². The standard InChI is InChI=1S/C16H26N2O3/c1-16(2,3)21-15(19)12-18(10-6-9-17)13-7-5-8-14(11-13)20-4/h5,7-8,11H,6,9-10,12,17H2,1-4H3. The Balaban J connectivity index is 2.81. The minimum atomic E-state index is -0.481. The summed E-state index contributed by atoms with van der Waals surface area (Å²) < 4.78 is 10.6. The molecule has 0 radical (unpaired) electrons. The maximum absolute atomic E-state index is 12.0. The highest BCUT2D eigenvalue weighted by molar-refractivity contribution is 5.76. The molecule has 0 aromatic heterocycles. The molecule has 0 heterocycles. The smallest absolute Gasteiger partial charge is 0.326 e. The predicted octanol–water partition coefficient (Wildman–Crippen LogP) is 2.19. The number of rotatable bonds is 7. The van der Waals surface area contributed by atoms with Crippen molar-refractivity contribution in [1.82, 2.24) is 0 Å². The van der Waals surface area contributed by atoms with E-state index in [0.717, 1.165) is 17.9 Å². The van der Waals surface area contributed by atoms with Crippen molar-refractivity contribution in [2.24, 2.45) is 5.73 Å². The van der Waals surface area contributed by atoms with Gasteiger partial charge in [-0.1, -0.05) is 6.07 Å². The Hall–Kier alpha value is -1.75. The van der Waals surface area contributed by atoms with Crippen molar-refractivity contribution in [2.45, 2.75) is 32.8 Å². The maximum Gasteiger partial charge on any atom is 0.326 e. The van der Waals surface area contributed by atoms with Crippen molar-refractivity contribution >= 4 is 11.7 Å². The lowest BCUT2D eigenvalue weighted by molar-refractivity contribution is -0.153. The second-order valence-electron chi connectivity index (χ2n) is 5.85. The molecule has 0 fully saturated rings. The molecule has 0 aliphatic heterocycles. The monoisotopic (exact) mass is 294 g/mol. The molecule has 0 saturated carbocycles. The summed E-state index contributed by atoms with van der Waals surface area (Å²) in [6, 6.07) is 7.63. The van der Waals surface area contributed by atoms with Crippen LogP contribution in [0.25, 0.3) is 0 Å². The van der Waals surface area contributed by atoms with Gasteiger partial charge in [-0.25, -0.2) is 0 Å². The van der Waals surface area contributed by atoms with Crippen LogP contribution in [0.2, 0.25) is 0 Å². The quantitative estimate of drug-likeness (QED) is 0.781. The lowest BCUT2D eigenvalue weighted by Crippen LogP contribution is -2.36. The molecule has 0 bridgehead atoms. The Kier molecular flexibility index (Phi) is 6.49. The van der Waals surface area contributed by atoms with Gasteiger partial charge in [-0.05, 0) is 45.9 Å². The minimum Gasteiger partial charge on any atom is -0.497 e. The zero-order valence-electron chi connectivity index (χ0n) is 13.4. The molecular formula is C16H26N2O3. The van der Waals surface area contributed by atoms with Crippen molar-refractivity contribution in [3.8, 4) is 5.75 Å². The molecule has 0 aliphatic carbocycles. The van der Waals surface area contributed by atoms with E-state index in [-0.39, 0.29) is 12.5 Å². The number of carbonyl (C=O) groups is 1. The van der Waals surface area contributed by atoms with Crippen LogP contribution in [-0.2, 0) is 9.53 Å². The van der Waals surface area contributed by atoms with Crippen LogP contribution in [0.3, 0.4) is 0 Å². The lowest BCUT2D eigenvalue weighted by atomic mass is 10.2. The van der Waals surface area contributed by atoms with E-state index in [1.54, 1.807) is 7.11 Å². The van der Waals surface area contributed by atoms with E-state index in [9.17, 15) is 4.79 Å². The first kappa shape index (κ1) is 17.3. The molecule has 1 rings (SSSR count). The van der Waals surface area contributed by atoms with Gasteiger partial charge in [0.2, 0.25) is 0 Å². The normalized spacial score (nSPS) is 11.1. The van der Waals surface area contributed by atoms with Gasteiger partial charge in [-0.2, -0.15) is 0 Å². The van der Waals surface area contributed by atoms with Crippen molar-refractivity contribution in [1.29, 1.82) is 0 Å². The molecule has 0 unspecified atom stereocenters. The number of nitrogens with two attached hydrogens (primary N) is 1. The molecule has 0 amide bonds. The number of hydrogen-bond acceptors (Lipinski definition) is 5. The summed E-state index contributed by atoms with van der Waals surface area (Å²) in [4.78, 5) is 14.0. The summed E-state index contributed by atoms with van der Waals surface area (Å²) in [6.07, 6.45) is 0.806. The Bertz CT molecular complexity index is 455. The van der Waals surface area contributed by atoms with Crippen molar-refractivity contribution in [3.63, 3.8) is 0 Å². The van der Waals surface area contributed by atoms with E-state index in [0.29, 0.717) is 13.1 Å². The summed E-state index contributed by atoms with van der Waals surface area (Å²) >= 11 is 0. The number of carbonyl (C=O) groups excluding carboxylic acids is 1. The average molecular weight is 294 g/mol. The Morgan fingerprint density at radius 3 is 2.62 bits per heavy atom. The summed E-state index contributed by atoms with van der Waals surface area (Å²) in [7, 11) is 1.62. The average Bonchev–Trinajstić information content (AvgIpc) is 2.41. The fourth-order valence-corrected chi connectivity index (χ4v) is 1.92. The van der Waals surface area contributed by atoms with Gasteiger partial charge in [0, 0.05) is 18.3 Å². The fourth-order valence-electron chi connectivity index (χ4n) is 1.92. The molecule has 21 heavy (non-hydrogen) atoms. The highest BCUT2D eigenvalue weighted by atomic mass is 16.6. The first-order valence-corrected chi connectivity index (χ1v) is 7.16. The van der Waals surface area contributed by atoms with E-state index in [1.165, 1.54) is 0 Å². The molecule has 2 N–H and O–H groups in total. The molecule has 1 aromatic rings. The number of esters is 1. The van der Waals surface area contributed by atoms with Gasteiger partial charge in [0.25, 0.3) is 0 Å². The summed E-state index contributed by atoms with van der Waals surface area (Å²) in [5.41, 5.74) is 6.02. The Morgan fingerprint density at radius 2 is 2.05 bits per heavy atom. The van der Waals surface area contributed by atoms with Crippen LogP contribution in [-0.4, -0.2) is 38.3 Å². The molecule has 0 aliphatic rings. The summed E-state index contributed by atoms with van der Waals surface area (Å²) in [5.74, 6) is 0.511. The second kappa shape index (κ2) is 7.88. The molecule has 118 valence electrons. The fraction of sp³-hybridized carbons (Fsp3) is 0.562. The Morgan fingerprint density at radius 1 is 1.33 bits per heavy atom. The van der Waals surface area contributed by atoms with Gasteiger partial charge in [-0.15, -0.1) is 0 Å². The van der Waals surface area contributed by atoms with E-state index in [1.807, 2.05) is 49.9 Å². The predicted molar refractivity (Wildman–Crippen MR) is 84.7 cm³/mol. The number of ether oxygens (including phenoxy) is 2. The van der Waals surface area contributed by atoms with Gasteiger partial charge in [-0.3, -0.25) is 4.79 Å². The van der Waals surface area contributed by atoms with Crippen LogP contribution < -0.4 is 15.4 Å². The van der Waals surface area contributed by atoms with E-state index < -0.39 is 5.60 Å². The molecule has 0 atom stereocenters. The van der Waals surface area contributed by atoms with Crippen LogP contribution in [0.4, 0.5) is 5.69 Å². The zero-order valence-corrected chi connectivity index (χ0v) is 13.4. The van der Waals surface area contributed by atoms with Crippen molar-refractivity contribution in [2.75, 3.05) is 31.6 Å². The largest absolute Gasteiger partial charge is 0.497 e. The van der Waals surface area contributed by atoms with Gasteiger partial charge in [0.05, 0.1) is 7.11 Å².